The number of aromatic nitrogens is 1. The molecule has 1 saturated heterocycles. The lowest BCUT2D eigenvalue weighted by molar-refractivity contribution is 0.0163. The van der Waals surface area contributed by atoms with E-state index in [0.717, 1.165) is 35.9 Å². The Morgan fingerprint density at radius 1 is 1.10 bits per heavy atom. The van der Waals surface area contributed by atoms with Crippen LogP contribution in [0, 0.1) is 0 Å². The summed E-state index contributed by atoms with van der Waals surface area (Å²) in [5.74, 6) is 0.858. The molecule has 0 unspecified atom stereocenters. The first-order valence-electron chi connectivity index (χ1n) is 9.60. The van der Waals surface area contributed by atoms with Crippen molar-refractivity contribution in [3.05, 3.63) is 54.1 Å². The lowest BCUT2D eigenvalue weighted by Gasteiger charge is -2.13. The van der Waals surface area contributed by atoms with Gasteiger partial charge >= 0.3 is 5.97 Å². The van der Waals surface area contributed by atoms with E-state index in [1.54, 1.807) is 20.3 Å². The summed E-state index contributed by atoms with van der Waals surface area (Å²) in [6, 6.07) is 14.9. The first kappa shape index (κ1) is 19.2. The monoisotopic (exact) mass is 393 g/mol. The average molecular weight is 393 g/mol. The van der Waals surface area contributed by atoms with Crippen LogP contribution in [0.3, 0.4) is 0 Å². The summed E-state index contributed by atoms with van der Waals surface area (Å²) in [6.45, 7) is 0.991. The summed E-state index contributed by atoms with van der Waals surface area (Å²) in [5, 5.41) is 0.758. The smallest absolute Gasteiger partial charge is 0.338 e. The lowest BCUT2D eigenvalue weighted by Crippen LogP contribution is -2.18. The van der Waals surface area contributed by atoms with Crippen molar-refractivity contribution in [1.82, 2.24) is 4.98 Å². The predicted molar refractivity (Wildman–Crippen MR) is 110 cm³/mol. The molecule has 1 aliphatic rings. The van der Waals surface area contributed by atoms with Crippen LogP contribution in [0.1, 0.15) is 23.2 Å². The summed E-state index contributed by atoms with van der Waals surface area (Å²) in [7, 11) is 3.18. The van der Waals surface area contributed by atoms with Crippen LogP contribution in [0.4, 0.5) is 0 Å². The molecule has 1 aliphatic heterocycles. The number of hydrogen-bond acceptors (Lipinski definition) is 6. The second-order valence-corrected chi connectivity index (χ2v) is 6.88. The molecule has 3 aromatic rings. The van der Waals surface area contributed by atoms with E-state index in [-0.39, 0.29) is 18.7 Å². The number of rotatable bonds is 6. The van der Waals surface area contributed by atoms with Gasteiger partial charge in [0.05, 0.1) is 37.1 Å². The first-order chi connectivity index (χ1) is 14.2. The maximum absolute atomic E-state index is 12.9. The van der Waals surface area contributed by atoms with Gasteiger partial charge < -0.3 is 18.9 Å². The fourth-order valence-corrected chi connectivity index (χ4v) is 3.51. The van der Waals surface area contributed by atoms with Gasteiger partial charge in [-0.25, -0.2) is 9.78 Å². The van der Waals surface area contributed by atoms with Gasteiger partial charge in [0.2, 0.25) is 0 Å². The standard InChI is InChI=1S/C23H23NO5/c1-26-21-10-9-15(12-22(21)27-2)20-13-18(17-7-3-4-8-19(17)24-20)23(25)29-14-16-6-5-11-28-16/h3-4,7-10,12-13,16H,5-6,11,14H2,1-2H3/t16-/m1/s1. The topological polar surface area (TPSA) is 66.9 Å². The van der Waals surface area contributed by atoms with Crippen molar-refractivity contribution >= 4 is 16.9 Å². The third kappa shape index (κ3) is 4.03. The third-order valence-corrected chi connectivity index (χ3v) is 5.04. The van der Waals surface area contributed by atoms with Crippen molar-refractivity contribution in [3.63, 3.8) is 0 Å². The van der Waals surface area contributed by atoms with Gasteiger partial charge in [-0.05, 0) is 43.2 Å². The Morgan fingerprint density at radius 3 is 2.69 bits per heavy atom. The molecule has 150 valence electrons. The minimum atomic E-state index is -0.374. The Balaban J connectivity index is 1.71. The molecule has 0 radical (unpaired) electrons. The molecule has 0 saturated carbocycles. The van der Waals surface area contributed by atoms with Gasteiger partial charge in [0, 0.05) is 17.6 Å². The Bertz CT molecular complexity index is 1030. The fraction of sp³-hybridized carbons (Fsp3) is 0.304. The van der Waals surface area contributed by atoms with Crippen LogP contribution in [0.25, 0.3) is 22.2 Å². The van der Waals surface area contributed by atoms with Crippen LogP contribution in [-0.4, -0.2) is 44.5 Å². The molecule has 2 aromatic carbocycles. The van der Waals surface area contributed by atoms with Crippen LogP contribution in [0.15, 0.2) is 48.5 Å². The molecule has 0 amide bonds. The zero-order chi connectivity index (χ0) is 20.2. The van der Waals surface area contributed by atoms with E-state index < -0.39 is 0 Å². The molecule has 1 fully saturated rings. The highest BCUT2D eigenvalue weighted by atomic mass is 16.6. The molecule has 6 heteroatoms. The van der Waals surface area contributed by atoms with Gasteiger partial charge in [-0.15, -0.1) is 0 Å². The number of ether oxygens (including phenoxy) is 4. The third-order valence-electron chi connectivity index (χ3n) is 5.04. The van der Waals surface area contributed by atoms with Crippen LogP contribution < -0.4 is 9.47 Å². The van der Waals surface area contributed by atoms with Crippen molar-refractivity contribution in [2.24, 2.45) is 0 Å². The predicted octanol–water partition coefficient (Wildman–Crippen LogP) is 4.25. The molecular weight excluding hydrogens is 370 g/mol. The average Bonchev–Trinajstić information content (AvgIpc) is 3.30. The van der Waals surface area contributed by atoms with Crippen LogP contribution in [0.2, 0.25) is 0 Å². The minimum Gasteiger partial charge on any atom is -0.493 e. The van der Waals surface area contributed by atoms with E-state index >= 15 is 0 Å². The SMILES string of the molecule is COc1ccc(-c2cc(C(=O)OC[C@H]3CCCO3)c3ccccc3n2)cc1OC. The number of para-hydroxylation sites is 1. The molecule has 0 aliphatic carbocycles. The van der Waals surface area contributed by atoms with E-state index in [0.29, 0.717) is 22.8 Å². The molecule has 0 N–H and O–H groups in total. The number of esters is 1. The van der Waals surface area contributed by atoms with Gasteiger partial charge in [-0.2, -0.15) is 0 Å². The number of nitrogens with zero attached hydrogens (tertiary/aromatic N) is 1. The van der Waals surface area contributed by atoms with Gasteiger partial charge in [0.1, 0.15) is 6.61 Å². The van der Waals surface area contributed by atoms with E-state index in [4.69, 9.17) is 23.9 Å². The summed E-state index contributed by atoms with van der Waals surface area (Å²) in [4.78, 5) is 17.6. The highest BCUT2D eigenvalue weighted by Gasteiger charge is 2.20. The van der Waals surface area contributed by atoms with Crippen LogP contribution >= 0.6 is 0 Å². The molecule has 29 heavy (non-hydrogen) atoms. The highest BCUT2D eigenvalue weighted by molar-refractivity contribution is 6.04. The van der Waals surface area contributed by atoms with Crippen molar-refractivity contribution in [1.29, 1.82) is 0 Å². The molecule has 0 bridgehead atoms. The number of methoxy groups -OCH3 is 2. The van der Waals surface area contributed by atoms with E-state index in [2.05, 4.69) is 0 Å². The Hall–Kier alpha value is -3.12. The summed E-state index contributed by atoms with van der Waals surface area (Å²) in [6.07, 6.45) is 1.91. The maximum Gasteiger partial charge on any atom is 0.338 e. The van der Waals surface area contributed by atoms with Crippen molar-refractivity contribution < 1.29 is 23.7 Å². The number of fused-ring (bicyclic) bond motifs is 1. The second kappa shape index (κ2) is 8.49. The zero-order valence-corrected chi connectivity index (χ0v) is 16.5. The van der Waals surface area contributed by atoms with Crippen LogP contribution in [0.5, 0.6) is 11.5 Å². The molecular formula is C23H23NO5. The van der Waals surface area contributed by atoms with Crippen molar-refractivity contribution in [2.45, 2.75) is 18.9 Å². The van der Waals surface area contributed by atoms with Gasteiger partial charge in [-0.3, -0.25) is 0 Å². The fourth-order valence-electron chi connectivity index (χ4n) is 3.51. The summed E-state index contributed by atoms with van der Waals surface area (Å²) in [5.41, 5.74) is 2.69. The molecule has 2 heterocycles. The molecule has 0 spiro atoms. The zero-order valence-electron chi connectivity index (χ0n) is 16.5. The van der Waals surface area contributed by atoms with Gasteiger partial charge in [0.15, 0.2) is 11.5 Å². The number of benzene rings is 2. The van der Waals surface area contributed by atoms with Crippen molar-refractivity contribution in [3.8, 4) is 22.8 Å². The largest absolute Gasteiger partial charge is 0.493 e. The number of hydrogen-bond donors (Lipinski definition) is 0. The summed E-state index contributed by atoms with van der Waals surface area (Å²) < 4.78 is 21.8. The summed E-state index contributed by atoms with van der Waals surface area (Å²) >= 11 is 0. The Labute approximate surface area is 169 Å². The first-order valence-corrected chi connectivity index (χ1v) is 9.60. The number of carbonyl (C=O) groups is 1. The molecule has 1 atom stereocenters. The van der Waals surface area contributed by atoms with E-state index in [1.165, 1.54) is 0 Å². The van der Waals surface area contributed by atoms with Crippen molar-refractivity contribution in [2.75, 3.05) is 27.4 Å². The minimum absolute atomic E-state index is 0.0163. The van der Waals surface area contributed by atoms with E-state index in [1.807, 2.05) is 42.5 Å². The van der Waals surface area contributed by atoms with Gasteiger partial charge in [0.25, 0.3) is 0 Å². The Morgan fingerprint density at radius 2 is 1.93 bits per heavy atom. The normalized spacial score (nSPS) is 16.0. The Kier molecular flexibility index (Phi) is 5.62. The van der Waals surface area contributed by atoms with Crippen LogP contribution in [-0.2, 0) is 9.47 Å². The quantitative estimate of drug-likeness (QED) is 0.583. The maximum atomic E-state index is 12.9. The van der Waals surface area contributed by atoms with Gasteiger partial charge in [-0.1, -0.05) is 18.2 Å². The van der Waals surface area contributed by atoms with E-state index in [9.17, 15) is 4.79 Å². The lowest BCUT2D eigenvalue weighted by atomic mass is 10.0. The second-order valence-electron chi connectivity index (χ2n) is 6.88. The number of pyridine rings is 1. The molecule has 6 nitrogen and oxygen atoms in total. The molecule has 4 rings (SSSR count). The highest BCUT2D eigenvalue weighted by Crippen LogP contribution is 2.33. The molecule has 1 aromatic heterocycles. The number of carbonyl (C=O) groups excluding carboxylic acids is 1.